The number of aryl methyl sites for hydroxylation is 1. The second-order valence-electron chi connectivity index (χ2n) is 7.20. The number of nitrogens with zero attached hydrogens (tertiary/aromatic N) is 1. The van der Waals surface area contributed by atoms with Gasteiger partial charge < -0.3 is 14.8 Å². The average molecular weight is 503 g/mol. The summed E-state index contributed by atoms with van der Waals surface area (Å²) in [5.74, 6) is 0.719. The molecule has 3 aromatic rings. The van der Waals surface area contributed by atoms with Gasteiger partial charge in [0.2, 0.25) is 0 Å². The highest BCUT2D eigenvalue weighted by Crippen LogP contribution is 2.26. The number of rotatable bonds is 9. The number of carbonyl (C=O) groups is 1. The highest BCUT2D eigenvalue weighted by Gasteiger charge is 2.12. The van der Waals surface area contributed by atoms with Crippen LogP contribution in [0.5, 0.6) is 11.5 Å². The molecule has 0 aromatic heterocycles. The van der Waals surface area contributed by atoms with Gasteiger partial charge in [0.05, 0.1) is 0 Å². The van der Waals surface area contributed by atoms with Gasteiger partial charge in [-0.1, -0.05) is 58.4 Å². The maximum atomic E-state index is 12.7. The monoisotopic (exact) mass is 502 g/mol. The van der Waals surface area contributed by atoms with E-state index in [1.807, 2.05) is 43.3 Å². The molecule has 0 fully saturated rings. The van der Waals surface area contributed by atoms with E-state index < -0.39 is 5.91 Å². The maximum absolute atomic E-state index is 12.7. The van der Waals surface area contributed by atoms with Crippen molar-refractivity contribution in [3.8, 4) is 17.6 Å². The summed E-state index contributed by atoms with van der Waals surface area (Å²) >= 11 is 3.40. The molecular weight excluding hydrogens is 480 g/mol. The number of hydrogen-bond donors (Lipinski definition) is 1. The van der Waals surface area contributed by atoms with E-state index in [0.29, 0.717) is 36.0 Å². The fourth-order valence-corrected chi connectivity index (χ4v) is 3.28. The third kappa shape index (κ3) is 7.09. The van der Waals surface area contributed by atoms with Gasteiger partial charge >= 0.3 is 0 Å². The normalized spacial score (nSPS) is 10.8. The first-order valence-corrected chi connectivity index (χ1v) is 11.0. The minimum absolute atomic E-state index is 0.0451. The van der Waals surface area contributed by atoms with Crippen LogP contribution in [0.4, 0.5) is 5.69 Å². The highest BCUT2D eigenvalue weighted by molar-refractivity contribution is 9.10. The highest BCUT2D eigenvalue weighted by atomic mass is 79.9. The van der Waals surface area contributed by atoms with E-state index >= 15 is 0 Å². The Morgan fingerprint density at radius 3 is 2.48 bits per heavy atom. The summed E-state index contributed by atoms with van der Waals surface area (Å²) in [5, 5.41) is 12.3. The molecule has 3 rings (SSSR count). The molecule has 6 heteroatoms. The summed E-state index contributed by atoms with van der Waals surface area (Å²) in [7, 11) is 0. The molecule has 0 aliphatic carbocycles. The molecule has 33 heavy (non-hydrogen) atoms. The fraction of sp³-hybridized carbons (Fsp3) is 0.111. The van der Waals surface area contributed by atoms with Crippen LogP contribution in [0.3, 0.4) is 0 Å². The molecular formula is C27H23BrN2O3. The van der Waals surface area contributed by atoms with Crippen molar-refractivity contribution in [3.05, 3.63) is 106 Å². The zero-order valence-corrected chi connectivity index (χ0v) is 19.8. The lowest BCUT2D eigenvalue weighted by atomic mass is 10.1. The number of carbonyl (C=O) groups excluding carboxylic acids is 1. The van der Waals surface area contributed by atoms with E-state index in [2.05, 4.69) is 27.8 Å². The van der Waals surface area contributed by atoms with Crippen LogP contribution in [0.25, 0.3) is 6.08 Å². The molecule has 0 unspecified atom stereocenters. The van der Waals surface area contributed by atoms with Crippen molar-refractivity contribution in [2.75, 3.05) is 11.9 Å². The molecule has 0 aliphatic heterocycles. The van der Waals surface area contributed by atoms with Gasteiger partial charge in [-0.25, -0.2) is 0 Å². The third-order valence-corrected chi connectivity index (χ3v) is 5.12. The maximum Gasteiger partial charge on any atom is 0.266 e. The first kappa shape index (κ1) is 23.8. The molecule has 0 spiro atoms. The summed E-state index contributed by atoms with van der Waals surface area (Å²) in [6.45, 7) is 6.45. The van der Waals surface area contributed by atoms with Crippen LogP contribution in [0.1, 0.15) is 16.7 Å². The van der Waals surface area contributed by atoms with Crippen LogP contribution in [-0.4, -0.2) is 12.5 Å². The second kappa shape index (κ2) is 11.7. The van der Waals surface area contributed by atoms with Crippen LogP contribution in [0.2, 0.25) is 0 Å². The van der Waals surface area contributed by atoms with Gasteiger partial charge in [-0.15, -0.1) is 0 Å². The van der Waals surface area contributed by atoms with E-state index in [1.54, 1.807) is 42.5 Å². The van der Waals surface area contributed by atoms with Gasteiger partial charge in [-0.3, -0.25) is 4.79 Å². The van der Waals surface area contributed by atoms with Gasteiger partial charge in [0.15, 0.2) is 0 Å². The lowest BCUT2D eigenvalue weighted by molar-refractivity contribution is -0.112. The van der Waals surface area contributed by atoms with Crippen LogP contribution < -0.4 is 14.8 Å². The van der Waals surface area contributed by atoms with E-state index in [-0.39, 0.29) is 5.57 Å². The van der Waals surface area contributed by atoms with Crippen molar-refractivity contribution in [3.63, 3.8) is 0 Å². The number of anilines is 1. The van der Waals surface area contributed by atoms with Gasteiger partial charge in [0.1, 0.15) is 36.4 Å². The largest absolute Gasteiger partial charge is 0.489 e. The quantitative estimate of drug-likeness (QED) is 0.207. The Kier molecular flexibility index (Phi) is 8.45. The minimum atomic E-state index is -0.513. The number of halogens is 1. The minimum Gasteiger partial charge on any atom is -0.489 e. The number of nitriles is 1. The zero-order chi connectivity index (χ0) is 23.6. The van der Waals surface area contributed by atoms with Crippen molar-refractivity contribution in [1.82, 2.24) is 0 Å². The number of nitrogens with one attached hydrogen (secondary N) is 1. The average Bonchev–Trinajstić information content (AvgIpc) is 2.82. The molecule has 0 bridgehead atoms. The van der Waals surface area contributed by atoms with Crippen molar-refractivity contribution < 1.29 is 14.3 Å². The molecule has 3 aromatic carbocycles. The summed E-state index contributed by atoms with van der Waals surface area (Å²) in [5.41, 5.74) is 3.39. The van der Waals surface area contributed by atoms with Crippen molar-refractivity contribution in [2.45, 2.75) is 13.5 Å². The first-order chi connectivity index (χ1) is 16.0. The Hall–Kier alpha value is -3.82. The smallest absolute Gasteiger partial charge is 0.266 e. The lowest BCUT2D eigenvalue weighted by Gasteiger charge is -2.10. The van der Waals surface area contributed by atoms with Crippen LogP contribution in [-0.2, 0) is 11.4 Å². The molecule has 0 aliphatic rings. The fourth-order valence-electron chi connectivity index (χ4n) is 2.90. The Labute approximate surface area is 202 Å². The molecule has 0 saturated carbocycles. The Bertz CT molecular complexity index is 1190. The summed E-state index contributed by atoms with van der Waals surface area (Å²) in [6, 6.07) is 22.5. The van der Waals surface area contributed by atoms with Crippen LogP contribution in [0, 0.1) is 18.3 Å². The Balaban J connectivity index is 1.67. The third-order valence-electron chi connectivity index (χ3n) is 4.63. The van der Waals surface area contributed by atoms with Crippen molar-refractivity contribution >= 4 is 33.6 Å². The van der Waals surface area contributed by atoms with E-state index in [0.717, 1.165) is 10.0 Å². The lowest BCUT2D eigenvalue weighted by Crippen LogP contribution is -2.13. The van der Waals surface area contributed by atoms with Crippen LogP contribution in [0.15, 0.2) is 89.4 Å². The predicted octanol–water partition coefficient (Wildman–Crippen LogP) is 6.45. The van der Waals surface area contributed by atoms with Crippen LogP contribution >= 0.6 is 15.9 Å². The zero-order valence-electron chi connectivity index (χ0n) is 18.2. The van der Waals surface area contributed by atoms with Gasteiger partial charge in [0.25, 0.3) is 5.91 Å². The van der Waals surface area contributed by atoms with Gasteiger partial charge in [-0.2, -0.15) is 5.26 Å². The number of amides is 1. The summed E-state index contributed by atoms with van der Waals surface area (Å²) in [6.07, 6.45) is 3.12. The topological polar surface area (TPSA) is 71.3 Å². The van der Waals surface area contributed by atoms with Crippen molar-refractivity contribution in [2.24, 2.45) is 0 Å². The Morgan fingerprint density at radius 2 is 1.82 bits per heavy atom. The number of hydrogen-bond acceptors (Lipinski definition) is 4. The molecule has 0 saturated heterocycles. The molecule has 0 atom stereocenters. The van der Waals surface area contributed by atoms with E-state index in [4.69, 9.17) is 9.47 Å². The molecule has 0 radical (unpaired) electrons. The molecule has 1 N–H and O–H groups in total. The van der Waals surface area contributed by atoms with E-state index in [9.17, 15) is 10.1 Å². The summed E-state index contributed by atoms with van der Waals surface area (Å²) < 4.78 is 12.2. The molecule has 1 amide bonds. The van der Waals surface area contributed by atoms with Crippen molar-refractivity contribution in [1.29, 1.82) is 5.26 Å². The SMILES string of the molecule is C=CCOc1ccc(Br)cc1/C=C(\C#N)C(=O)Nc1ccc(OCc2ccc(C)cc2)cc1. The molecule has 166 valence electrons. The first-order valence-electron chi connectivity index (χ1n) is 10.2. The Morgan fingerprint density at radius 1 is 1.09 bits per heavy atom. The standard InChI is InChI=1S/C27H23BrN2O3/c1-3-14-32-26-13-8-23(28)16-21(26)15-22(17-29)27(31)30-24-9-11-25(12-10-24)33-18-20-6-4-19(2)5-7-20/h3-13,15-16H,1,14,18H2,2H3,(H,30,31)/b22-15+. The summed E-state index contributed by atoms with van der Waals surface area (Å²) in [4.78, 5) is 12.7. The molecule has 5 nitrogen and oxygen atoms in total. The molecule has 0 heterocycles. The van der Waals surface area contributed by atoms with Gasteiger partial charge in [0, 0.05) is 15.7 Å². The number of ether oxygens (including phenoxy) is 2. The second-order valence-corrected chi connectivity index (χ2v) is 8.12. The van der Waals surface area contributed by atoms with E-state index in [1.165, 1.54) is 11.6 Å². The van der Waals surface area contributed by atoms with Gasteiger partial charge in [-0.05, 0) is 61.0 Å². The predicted molar refractivity (Wildman–Crippen MR) is 134 cm³/mol. The number of benzene rings is 3.